The number of anilines is 2. The lowest BCUT2D eigenvalue weighted by Crippen LogP contribution is -2.48. The zero-order valence-electron chi connectivity index (χ0n) is 25.7. The van der Waals surface area contributed by atoms with Crippen LogP contribution >= 0.6 is 18.5 Å². The smallest absolute Gasteiger partial charge is 0.393 e. The Hall–Kier alpha value is -2.71. The molecule has 1 aromatic heterocycles. The van der Waals surface area contributed by atoms with Gasteiger partial charge in [0.25, 0.3) is 0 Å². The van der Waals surface area contributed by atoms with E-state index in [9.17, 15) is 26.2 Å². The molecule has 2 N–H and O–H groups in total. The molecule has 2 aliphatic rings. The van der Waals surface area contributed by atoms with Crippen LogP contribution in [0.5, 0.6) is 5.75 Å². The lowest BCUT2D eigenvalue weighted by atomic mass is 9.90. The van der Waals surface area contributed by atoms with Crippen molar-refractivity contribution in [1.82, 2.24) is 4.90 Å². The Morgan fingerprint density at radius 3 is 2.42 bits per heavy atom. The number of rotatable bonds is 8. The Kier molecular flexibility index (Phi) is 10.1. The van der Waals surface area contributed by atoms with Crippen LogP contribution in [0.4, 0.5) is 24.5 Å². The van der Waals surface area contributed by atoms with E-state index in [4.69, 9.17) is 4.74 Å². The van der Waals surface area contributed by atoms with Crippen LogP contribution in [0.1, 0.15) is 36.1 Å². The van der Waals surface area contributed by atoms with Crippen molar-refractivity contribution in [3.05, 3.63) is 46.8 Å². The number of nitrogens with one attached hydrogen (secondary N) is 2. The van der Waals surface area contributed by atoms with Gasteiger partial charge in [-0.1, -0.05) is 24.0 Å². The van der Waals surface area contributed by atoms with E-state index >= 15 is 0 Å². The Morgan fingerprint density at radius 1 is 1.07 bits per heavy atom. The highest BCUT2D eigenvalue weighted by molar-refractivity contribution is 7.91. The summed E-state index contributed by atoms with van der Waals surface area (Å²) in [6, 6.07) is 11.3. The molecule has 1 aliphatic heterocycles. The number of thiophene rings is 1. The molecule has 0 atom stereocenters. The van der Waals surface area contributed by atoms with Crippen molar-refractivity contribution in [3.8, 4) is 17.6 Å². The summed E-state index contributed by atoms with van der Waals surface area (Å²) in [6.45, 7) is 4.72. The van der Waals surface area contributed by atoms with E-state index in [2.05, 4.69) is 27.4 Å². The molecule has 7 nitrogen and oxygen atoms in total. The fraction of sp³-hybridized carbons (Fsp3) is 0.500. The third kappa shape index (κ3) is 8.56. The van der Waals surface area contributed by atoms with E-state index in [1.54, 1.807) is 43.7 Å². The summed E-state index contributed by atoms with van der Waals surface area (Å²) in [7, 11) is -3.87. The second kappa shape index (κ2) is 13.6. The number of ether oxygens (including phenoxy) is 1. The SMILES string of the molecule is COc1cc(P(C)(C)=O)ccc1NCC#Cc1sc2c(NC3CCC(N4CCS(=O)(=O)CC4)CC3)cccc2c1CC(F)(F)F. The number of halogens is 3. The molecule has 0 unspecified atom stereocenters. The first-order valence-electron chi connectivity index (χ1n) is 15.0. The summed E-state index contributed by atoms with van der Waals surface area (Å²) in [4.78, 5) is 2.68. The number of fused-ring (bicyclic) bond motifs is 1. The number of alkyl halides is 3. The average Bonchev–Trinajstić information content (AvgIpc) is 3.32. The molecule has 244 valence electrons. The van der Waals surface area contributed by atoms with Crippen molar-refractivity contribution >= 4 is 55.1 Å². The van der Waals surface area contributed by atoms with E-state index in [1.165, 1.54) is 18.4 Å². The molecule has 13 heteroatoms. The quantitative estimate of drug-likeness (QED) is 0.217. The standard InChI is InChI=1S/C32H39F3N3O4PS2/c1-42-29-20-24(43(2,3)39)13-14-27(29)36-15-5-8-30-26(21-32(33,34)35)25-6-4-7-28(31(25)44-30)37-22-9-11-23(12-10-22)38-16-18-45(40,41)19-17-38/h4,6-7,13-14,20,22-23,36-37H,9-12,15-19,21H2,1-3H3. The molecule has 0 amide bonds. The summed E-state index contributed by atoms with van der Waals surface area (Å²) in [6.07, 6.45) is -1.74. The minimum Gasteiger partial charge on any atom is -0.495 e. The van der Waals surface area contributed by atoms with Crippen LogP contribution in [0.2, 0.25) is 0 Å². The van der Waals surface area contributed by atoms with E-state index in [-0.39, 0.29) is 29.7 Å². The van der Waals surface area contributed by atoms with Crippen LogP contribution in [0.25, 0.3) is 10.1 Å². The largest absolute Gasteiger partial charge is 0.495 e. The third-order valence-electron chi connectivity index (χ3n) is 8.52. The van der Waals surface area contributed by atoms with Crippen molar-refractivity contribution < 1.29 is 30.9 Å². The number of hydrogen-bond acceptors (Lipinski definition) is 8. The highest BCUT2D eigenvalue weighted by Crippen LogP contribution is 2.40. The minimum atomic E-state index is -4.38. The second-order valence-corrected chi connectivity index (χ2v) is 18.7. The normalized spacial score (nSPS) is 20.8. The maximum atomic E-state index is 13.7. The number of hydrogen-bond donors (Lipinski definition) is 2. The van der Waals surface area contributed by atoms with Gasteiger partial charge < -0.3 is 19.9 Å². The molecule has 2 heterocycles. The molecule has 1 aliphatic carbocycles. The monoisotopic (exact) mass is 681 g/mol. The van der Waals surface area contributed by atoms with Crippen LogP contribution < -0.4 is 20.7 Å². The summed E-state index contributed by atoms with van der Waals surface area (Å²) < 4.78 is 83.4. The van der Waals surface area contributed by atoms with Gasteiger partial charge in [0, 0.05) is 30.5 Å². The summed E-state index contributed by atoms with van der Waals surface area (Å²) in [5, 5.41) is 8.01. The third-order valence-corrected chi connectivity index (χ3v) is 12.9. The maximum Gasteiger partial charge on any atom is 0.393 e. The molecule has 2 fully saturated rings. The molecule has 0 bridgehead atoms. The highest BCUT2D eigenvalue weighted by Gasteiger charge is 2.32. The van der Waals surface area contributed by atoms with Crippen molar-refractivity contribution in [2.24, 2.45) is 0 Å². The first kappa shape index (κ1) is 33.6. The van der Waals surface area contributed by atoms with E-state index in [0.717, 1.165) is 36.1 Å². The minimum absolute atomic E-state index is 0.183. The van der Waals surface area contributed by atoms with Crippen molar-refractivity contribution in [3.63, 3.8) is 0 Å². The van der Waals surface area contributed by atoms with Gasteiger partial charge in [-0.25, -0.2) is 8.42 Å². The van der Waals surface area contributed by atoms with Gasteiger partial charge in [-0.15, -0.1) is 11.3 Å². The average molecular weight is 682 g/mol. The lowest BCUT2D eigenvalue weighted by Gasteiger charge is -2.39. The highest BCUT2D eigenvalue weighted by atomic mass is 32.2. The zero-order chi connectivity index (χ0) is 32.4. The van der Waals surface area contributed by atoms with Gasteiger partial charge in [-0.3, -0.25) is 4.90 Å². The van der Waals surface area contributed by atoms with E-state index in [1.807, 2.05) is 6.07 Å². The molecule has 2 aromatic carbocycles. The Labute approximate surface area is 267 Å². The lowest BCUT2D eigenvalue weighted by molar-refractivity contribution is -0.126. The molecule has 0 spiro atoms. The molecule has 45 heavy (non-hydrogen) atoms. The van der Waals surface area contributed by atoms with Crippen LogP contribution in [-0.2, 0) is 20.8 Å². The van der Waals surface area contributed by atoms with Gasteiger partial charge in [-0.05, 0) is 74.2 Å². The predicted octanol–water partition coefficient (Wildman–Crippen LogP) is 6.18. The van der Waals surface area contributed by atoms with Crippen molar-refractivity contribution in [2.45, 2.75) is 50.4 Å². The number of benzene rings is 2. The van der Waals surface area contributed by atoms with Crippen LogP contribution in [0.3, 0.4) is 0 Å². The van der Waals surface area contributed by atoms with Gasteiger partial charge >= 0.3 is 6.18 Å². The summed E-state index contributed by atoms with van der Waals surface area (Å²) >= 11 is 1.28. The van der Waals surface area contributed by atoms with Crippen molar-refractivity contribution in [1.29, 1.82) is 0 Å². The van der Waals surface area contributed by atoms with Crippen LogP contribution in [0, 0.1) is 11.8 Å². The van der Waals surface area contributed by atoms with Gasteiger partial charge in [0.1, 0.15) is 12.9 Å². The maximum absolute atomic E-state index is 13.7. The molecular weight excluding hydrogens is 642 g/mol. The molecule has 3 aromatic rings. The van der Waals surface area contributed by atoms with Gasteiger partial charge in [0.2, 0.25) is 0 Å². The fourth-order valence-electron chi connectivity index (χ4n) is 6.08. The van der Waals surface area contributed by atoms with Crippen LogP contribution in [-0.4, -0.2) is 83.2 Å². The Balaban J connectivity index is 1.30. The van der Waals surface area contributed by atoms with Gasteiger partial charge in [-0.2, -0.15) is 13.2 Å². The van der Waals surface area contributed by atoms with Gasteiger partial charge in [0.15, 0.2) is 9.84 Å². The van der Waals surface area contributed by atoms with E-state index < -0.39 is 29.6 Å². The fourth-order valence-corrected chi connectivity index (χ4v) is 9.34. The van der Waals surface area contributed by atoms with Crippen LogP contribution in [0.15, 0.2) is 36.4 Å². The molecule has 5 rings (SSSR count). The number of sulfone groups is 1. The van der Waals surface area contributed by atoms with Gasteiger partial charge in [0.05, 0.1) is 52.5 Å². The molecular formula is C32H39F3N3O4PS2. The Bertz CT molecular complexity index is 1740. The Morgan fingerprint density at radius 2 is 1.78 bits per heavy atom. The second-order valence-electron chi connectivity index (χ2n) is 12.1. The molecule has 1 saturated carbocycles. The number of methoxy groups -OCH3 is 1. The summed E-state index contributed by atoms with van der Waals surface area (Å²) in [5.41, 5.74) is 1.65. The first-order chi connectivity index (χ1) is 21.2. The van der Waals surface area contributed by atoms with E-state index in [0.29, 0.717) is 46.1 Å². The topological polar surface area (TPSA) is 87.7 Å². The summed E-state index contributed by atoms with van der Waals surface area (Å²) in [5.74, 6) is 6.93. The molecule has 1 saturated heterocycles. The number of nitrogens with zero attached hydrogens (tertiary/aromatic N) is 1. The molecule has 0 radical (unpaired) electrons. The predicted molar refractivity (Wildman–Crippen MR) is 179 cm³/mol. The zero-order valence-corrected chi connectivity index (χ0v) is 28.2. The van der Waals surface area contributed by atoms with Crippen molar-refractivity contribution in [2.75, 3.05) is 62.2 Å². The first-order valence-corrected chi connectivity index (χ1v) is 20.2.